The maximum atomic E-state index is 12.4. The van der Waals surface area contributed by atoms with Crippen LogP contribution < -0.4 is 4.74 Å². The third kappa shape index (κ3) is 5.23. The fourth-order valence-corrected chi connectivity index (χ4v) is 2.27. The lowest BCUT2D eigenvalue weighted by atomic mass is 10.1. The molecule has 0 fully saturated rings. The van der Waals surface area contributed by atoms with Crippen LogP contribution in [-0.4, -0.2) is 16.3 Å². The van der Waals surface area contributed by atoms with Crippen molar-refractivity contribution in [1.82, 2.24) is 9.97 Å². The van der Waals surface area contributed by atoms with E-state index >= 15 is 0 Å². The molecule has 0 aliphatic carbocycles. The molecule has 23 heavy (non-hydrogen) atoms. The molecule has 0 saturated carbocycles. The quantitative estimate of drug-likeness (QED) is 0.754. The minimum atomic E-state index is -4.70. The van der Waals surface area contributed by atoms with Crippen LogP contribution >= 0.6 is 0 Å². The minimum Gasteiger partial charge on any atom is -0.406 e. The van der Waals surface area contributed by atoms with E-state index in [9.17, 15) is 13.2 Å². The van der Waals surface area contributed by atoms with Gasteiger partial charge in [-0.05, 0) is 31.0 Å². The first-order valence-electron chi connectivity index (χ1n) is 7.64. The molecule has 1 aromatic heterocycles. The van der Waals surface area contributed by atoms with Crippen LogP contribution in [-0.2, 0) is 12.8 Å². The molecule has 0 saturated heterocycles. The number of aryl methyl sites for hydroxylation is 2. The molecule has 124 valence electrons. The summed E-state index contributed by atoms with van der Waals surface area (Å²) < 4.78 is 41.0. The third-order valence-corrected chi connectivity index (χ3v) is 3.17. The molecular weight excluding hydrogens is 305 g/mol. The predicted molar refractivity (Wildman–Crippen MR) is 82.1 cm³/mol. The Hall–Kier alpha value is -2.11. The fourth-order valence-electron chi connectivity index (χ4n) is 2.27. The molecule has 0 amide bonds. The summed E-state index contributed by atoms with van der Waals surface area (Å²) >= 11 is 0. The van der Waals surface area contributed by atoms with E-state index in [0.717, 1.165) is 37.2 Å². The molecule has 2 aromatic rings. The number of rotatable bonds is 6. The van der Waals surface area contributed by atoms with Gasteiger partial charge in [-0.2, -0.15) is 0 Å². The van der Waals surface area contributed by atoms with Gasteiger partial charge in [0.15, 0.2) is 0 Å². The summed E-state index contributed by atoms with van der Waals surface area (Å²) in [4.78, 5) is 8.96. The average molecular weight is 324 g/mol. The third-order valence-electron chi connectivity index (χ3n) is 3.17. The van der Waals surface area contributed by atoms with Gasteiger partial charge in [-0.15, -0.1) is 13.2 Å². The molecule has 1 heterocycles. The van der Waals surface area contributed by atoms with Crippen LogP contribution in [0.5, 0.6) is 5.75 Å². The van der Waals surface area contributed by atoms with E-state index in [1.807, 2.05) is 13.0 Å². The predicted octanol–water partition coefficient (Wildman–Crippen LogP) is 4.95. The van der Waals surface area contributed by atoms with Crippen molar-refractivity contribution in [1.29, 1.82) is 0 Å². The highest BCUT2D eigenvalue weighted by atomic mass is 19.4. The van der Waals surface area contributed by atoms with Gasteiger partial charge >= 0.3 is 6.36 Å². The zero-order valence-corrected chi connectivity index (χ0v) is 13.2. The van der Waals surface area contributed by atoms with Gasteiger partial charge in [-0.25, -0.2) is 9.97 Å². The Bertz CT molecular complexity index is 632. The Morgan fingerprint density at radius 3 is 2.39 bits per heavy atom. The molecular formula is C17H19F3N2O. The normalized spacial score (nSPS) is 11.5. The second-order valence-corrected chi connectivity index (χ2v) is 5.24. The van der Waals surface area contributed by atoms with Gasteiger partial charge in [-0.3, -0.25) is 0 Å². The van der Waals surface area contributed by atoms with Crippen molar-refractivity contribution in [2.24, 2.45) is 0 Å². The van der Waals surface area contributed by atoms with Crippen LogP contribution in [0.3, 0.4) is 0 Å². The van der Waals surface area contributed by atoms with Gasteiger partial charge in [0.25, 0.3) is 0 Å². The number of ether oxygens (including phenoxy) is 1. The number of aromatic nitrogens is 2. The van der Waals surface area contributed by atoms with Crippen LogP contribution in [0, 0.1) is 0 Å². The van der Waals surface area contributed by atoms with E-state index in [4.69, 9.17) is 0 Å². The summed E-state index contributed by atoms with van der Waals surface area (Å²) in [6.07, 6.45) is -1.30. The number of alkyl halides is 3. The minimum absolute atomic E-state index is 0.248. The van der Waals surface area contributed by atoms with Gasteiger partial charge in [-0.1, -0.05) is 32.4 Å². The SMILES string of the molecule is CCCc1cc(-c2cccc(OC(F)(F)F)c2)nc(CCC)n1. The smallest absolute Gasteiger partial charge is 0.406 e. The molecule has 0 spiro atoms. The molecule has 0 N–H and O–H groups in total. The summed E-state index contributed by atoms with van der Waals surface area (Å²) in [5, 5.41) is 0. The van der Waals surface area contributed by atoms with E-state index in [-0.39, 0.29) is 5.75 Å². The van der Waals surface area contributed by atoms with Crippen molar-refractivity contribution in [3.8, 4) is 17.0 Å². The highest BCUT2D eigenvalue weighted by molar-refractivity contribution is 5.61. The van der Waals surface area contributed by atoms with Gasteiger partial charge in [0.1, 0.15) is 11.6 Å². The molecule has 0 radical (unpaired) electrons. The zero-order chi connectivity index (χ0) is 16.9. The van der Waals surface area contributed by atoms with Crippen molar-refractivity contribution >= 4 is 0 Å². The van der Waals surface area contributed by atoms with Crippen LogP contribution in [0.15, 0.2) is 30.3 Å². The molecule has 0 aliphatic heterocycles. The second-order valence-electron chi connectivity index (χ2n) is 5.24. The average Bonchev–Trinajstić information content (AvgIpc) is 2.46. The summed E-state index contributed by atoms with van der Waals surface area (Å²) in [6.45, 7) is 4.09. The molecule has 0 aliphatic rings. The van der Waals surface area contributed by atoms with Crippen molar-refractivity contribution in [3.63, 3.8) is 0 Å². The van der Waals surface area contributed by atoms with E-state index in [0.29, 0.717) is 11.3 Å². The lowest BCUT2D eigenvalue weighted by Crippen LogP contribution is -2.17. The van der Waals surface area contributed by atoms with E-state index < -0.39 is 6.36 Å². The number of halogens is 3. The number of nitrogens with zero attached hydrogens (tertiary/aromatic N) is 2. The maximum absolute atomic E-state index is 12.4. The topological polar surface area (TPSA) is 35.0 Å². The lowest BCUT2D eigenvalue weighted by Gasteiger charge is -2.11. The Kier molecular flexibility index (Phi) is 5.58. The molecule has 3 nitrogen and oxygen atoms in total. The summed E-state index contributed by atoms with van der Waals surface area (Å²) in [5.41, 5.74) is 2.12. The van der Waals surface area contributed by atoms with Crippen molar-refractivity contribution in [2.45, 2.75) is 45.9 Å². The summed E-state index contributed by atoms with van der Waals surface area (Å²) in [5.74, 6) is 0.471. The van der Waals surface area contributed by atoms with Gasteiger partial charge in [0.2, 0.25) is 0 Å². The molecule has 0 bridgehead atoms. The summed E-state index contributed by atoms with van der Waals surface area (Å²) in [6, 6.07) is 7.70. The monoisotopic (exact) mass is 324 g/mol. The highest BCUT2D eigenvalue weighted by Crippen LogP contribution is 2.27. The van der Waals surface area contributed by atoms with Crippen LogP contribution in [0.1, 0.15) is 38.2 Å². The van der Waals surface area contributed by atoms with Crippen LogP contribution in [0.2, 0.25) is 0 Å². The van der Waals surface area contributed by atoms with Crippen LogP contribution in [0.25, 0.3) is 11.3 Å². The van der Waals surface area contributed by atoms with Crippen molar-refractivity contribution < 1.29 is 17.9 Å². The van der Waals surface area contributed by atoms with Crippen molar-refractivity contribution in [2.75, 3.05) is 0 Å². The largest absolute Gasteiger partial charge is 0.573 e. The first-order chi connectivity index (χ1) is 10.9. The van der Waals surface area contributed by atoms with Gasteiger partial charge in [0, 0.05) is 17.7 Å². The van der Waals surface area contributed by atoms with E-state index in [2.05, 4.69) is 21.6 Å². The zero-order valence-electron chi connectivity index (χ0n) is 13.2. The van der Waals surface area contributed by atoms with E-state index in [1.165, 1.54) is 18.2 Å². The molecule has 6 heteroatoms. The first kappa shape index (κ1) is 17.2. The number of hydrogen-bond acceptors (Lipinski definition) is 3. The lowest BCUT2D eigenvalue weighted by molar-refractivity contribution is -0.274. The molecule has 0 unspecified atom stereocenters. The number of benzene rings is 1. The highest BCUT2D eigenvalue weighted by Gasteiger charge is 2.31. The Morgan fingerprint density at radius 2 is 1.74 bits per heavy atom. The standard InChI is InChI=1S/C17H19F3N2O/c1-3-6-13-11-15(22-16(21-13)7-4-2)12-8-5-9-14(10-12)23-17(18,19)20/h5,8-11H,3-4,6-7H2,1-2H3. The van der Waals surface area contributed by atoms with Gasteiger partial charge < -0.3 is 4.74 Å². The molecule has 2 rings (SSSR count). The fraction of sp³-hybridized carbons (Fsp3) is 0.412. The Labute approximate surface area is 133 Å². The van der Waals surface area contributed by atoms with Crippen LogP contribution in [0.4, 0.5) is 13.2 Å². The Balaban J connectivity index is 2.38. The maximum Gasteiger partial charge on any atom is 0.573 e. The Morgan fingerprint density at radius 1 is 1.00 bits per heavy atom. The molecule has 0 atom stereocenters. The first-order valence-corrected chi connectivity index (χ1v) is 7.64. The molecule has 1 aromatic carbocycles. The van der Waals surface area contributed by atoms with Gasteiger partial charge in [0.05, 0.1) is 5.69 Å². The summed E-state index contributed by atoms with van der Waals surface area (Å²) in [7, 11) is 0. The van der Waals surface area contributed by atoms with E-state index in [1.54, 1.807) is 6.07 Å². The second kappa shape index (κ2) is 7.44. The number of hydrogen-bond donors (Lipinski definition) is 0. The van der Waals surface area contributed by atoms with Crippen molar-refractivity contribution in [3.05, 3.63) is 41.9 Å².